The molecule has 1 rings (SSSR count). The van der Waals surface area contributed by atoms with Crippen molar-refractivity contribution in [2.75, 3.05) is 5.23 Å². The van der Waals surface area contributed by atoms with Gasteiger partial charge in [-0.1, -0.05) is 0 Å². The van der Waals surface area contributed by atoms with E-state index in [1.165, 1.54) is 10.6 Å². The van der Waals surface area contributed by atoms with Crippen LogP contribution in [0.15, 0.2) is 6.07 Å². The summed E-state index contributed by atoms with van der Waals surface area (Å²) in [6, 6.07) is 1.48. The Balaban J connectivity index is 2.93. The van der Waals surface area contributed by atoms with E-state index in [4.69, 9.17) is 0 Å². The van der Waals surface area contributed by atoms with E-state index >= 15 is 0 Å². The van der Waals surface area contributed by atoms with Crippen LogP contribution in [0.3, 0.4) is 0 Å². The van der Waals surface area contributed by atoms with Gasteiger partial charge in [-0.15, -0.1) is 31.5 Å². The largest absolute Gasteiger partial charge is 0.494 e. The molecule has 1 aromatic heterocycles. The molecule has 1 unspecified atom stereocenters. The molecule has 0 radical (unpaired) electrons. The van der Waals surface area contributed by atoms with Gasteiger partial charge in [0.2, 0.25) is 5.88 Å². The number of anilines is 1. The third-order valence-electron chi connectivity index (χ3n) is 1.47. The molecule has 1 atom stereocenters. The van der Waals surface area contributed by atoms with Crippen LogP contribution in [0, 0.1) is 0 Å². The van der Waals surface area contributed by atoms with Gasteiger partial charge in [0.25, 0.3) is 0 Å². The molecule has 0 aliphatic heterocycles. The molecule has 0 aromatic carbocycles. The van der Waals surface area contributed by atoms with E-state index in [1.807, 2.05) is 0 Å². The van der Waals surface area contributed by atoms with Gasteiger partial charge in [-0.25, -0.2) is 0 Å². The number of halogens is 1. The van der Waals surface area contributed by atoms with Crippen molar-refractivity contribution in [1.29, 1.82) is 0 Å². The summed E-state index contributed by atoms with van der Waals surface area (Å²) in [4.78, 5) is 0. The lowest BCUT2D eigenvalue weighted by atomic mass is 10.3. The molecular weight excluding hydrogens is 289 g/mol. The zero-order valence-corrected chi connectivity index (χ0v) is 9.76. The van der Waals surface area contributed by atoms with E-state index in [2.05, 4.69) is 36.7 Å². The molecule has 66 valence electrons. The Hall–Kier alpha value is -0.0951. The summed E-state index contributed by atoms with van der Waals surface area (Å²) in [5.74, 6) is 0.0775. The fraction of sp³-hybridized carbons (Fsp3) is 0.200. The van der Waals surface area contributed by atoms with Gasteiger partial charge in [0.05, 0.1) is 5.69 Å². The monoisotopic (exact) mass is 298 g/mol. The fourth-order valence-corrected chi connectivity index (χ4v) is 1.35. The Labute approximate surface area is 86.5 Å². The molecule has 1 aromatic rings. The first kappa shape index (κ1) is 9.99. The van der Waals surface area contributed by atoms with Gasteiger partial charge in [-0.2, -0.15) is 0 Å². The Morgan fingerprint density at radius 2 is 2.25 bits per heavy atom. The topological polar surface area (TPSA) is 57.4 Å². The summed E-state index contributed by atoms with van der Waals surface area (Å²) in [5, 5.41) is 21.5. The van der Waals surface area contributed by atoms with Crippen molar-refractivity contribution in [3.05, 3.63) is 6.07 Å². The van der Waals surface area contributed by atoms with Crippen molar-refractivity contribution in [2.24, 2.45) is 7.05 Å². The van der Waals surface area contributed by atoms with Gasteiger partial charge >= 0.3 is 4.42 Å². The van der Waals surface area contributed by atoms with Crippen LogP contribution in [-0.2, 0) is 7.05 Å². The van der Waals surface area contributed by atoms with Gasteiger partial charge in [-0.05, 0) is 0 Å². The first-order valence-electron chi connectivity index (χ1n) is 3.26. The highest BCUT2D eigenvalue weighted by Crippen LogP contribution is 2.31. The minimum Gasteiger partial charge on any atom is -0.494 e. The highest BCUT2D eigenvalue weighted by atomic mass is 127. The molecule has 0 saturated carbocycles. The number of aromatic hydroxyl groups is 2. The third-order valence-corrected chi connectivity index (χ3v) is 1.95. The Bertz CT molecular complexity index is 291. The molecule has 0 bridgehead atoms. The number of nitrogens with one attached hydrogen (secondary N) is 1. The fourth-order valence-electron chi connectivity index (χ4n) is 0.834. The van der Waals surface area contributed by atoms with Crippen molar-refractivity contribution in [2.45, 2.75) is 0 Å². The summed E-state index contributed by atoms with van der Waals surface area (Å²) >= 11 is 2.13. The second kappa shape index (κ2) is 3.74. The molecule has 3 N–H and O–H groups in total. The number of hydrogen-bond acceptors (Lipinski definition) is 3. The highest BCUT2D eigenvalue weighted by molar-refractivity contribution is 14.1. The molecule has 0 saturated heterocycles. The van der Waals surface area contributed by atoms with E-state index in [0.29, 0.717) is 5.69 Å². The molecule has 1 heterocycles. The quantitative estimate of drug-likeness (QED) is 0.436. The molecule has 0 aliphatic rings. The van der Waals surface area contributed by atoms with Crippen molar-refractivity contribution in [3.8, 4) is 11.8 Å². The van der Waals surface area contributed by atoms with Crippen molar-refractivity contribution >= 4 is 41.6 Å². The maximum absolute atomic E-state index is 9.40. The van der Waals surface area contributed by atoms with Crippen LogP contribution in [0.1, 0.15) is 0 Å². The Morgan fingerprint density at radius 1 is 1.67 bits per heavy atom. The standard InChI is InChI=1S/C5H9BIN2O2P/c1-9-4(10)2-3(5(9)11)8-6(7)12/h2,8,10-11H,12H2,1H3. The third kappa shape index (κ3) is 1.98. The first-order valence-corrected chi connectivity index (χ1v) is 5.17. The number of rotatable bonds is 2. The molecule has 0 aliphatic carbocycles. The molecule has 0 fully saturated rings. The van der Waals surface area contributed by atoms with Crippen LogP contribution < -0.4 is 5.23 Å². The van der Waals surface area contributed by atoms with E-state index in [-0.39, 0.29) is 16.2 Å². The van der Waals surface area contributed by atoms with Crippen molar-refractivity contribution < 1.29 is 10.2 Å². The zero-order chi connectivity index (χ0) is 9.30. The maximum Gasteiger partial charge on any atom is 0.347 e. The van der Waals surface area contributed by atoms with Crippen LogP contribution in [0.5, 0.6) is 11.8 Å². The maximum atomic E-state index is 9.40. The lowest BCUT2D eigenvalue weighted by Crippen LogP contribution is -2.07. The number of hydrogen-bond donors (Lipinski definition) is 3. The van der Waals surface area contributed by atoms with Crippen LogP contribution >= 0.6 is 31.5 Å². The normalized spacial score (nSPS) is 9.92. The average Bonchev–Trinajstić information content (AvgIpc) is 2.17. The zero-order valence-electron chi connectivity index (χ0n) is 6.45. The van der Waals surface area contributed by atoms with Crippen molar-refractivity contribution in [1.82, 2.24) is 4.57 Å². The molecule has 4 nitrogen and oxygen atoms in total. The summed E-state index contributed by atoms with van der Waals surface area (Å²) in [7, 11) is 4.11. The van der Waals surface area contributed by atoms with Crippen molar-refractivity contribution in [3.63, 3.8) is 0 Å². The Kier molecular flexibility index (Phi) is 3.12. The Morgan fingerprint density at radius 3 is 2.58 bits per heavy atom. The van der Waals surface area contributed by atoms with E-state index in [1.54, 1.807) is 7.05 Å². The van der Waals surface area contributed by atoms with Crippen LogP contribution in [0.2, 0.25) is 0 Å². The van der Waals surface area contributed by atoms with Gasteiger partial charge in [0, 0.05) is 13.1 Å². The van der Waals surface area contributed by atoms with Crippen LogP contribution in [0.4, 0.5) is 5.69 Å². The second-order valence-corrected chi connectivity index (χ2v) is 5.71. The molecule has 12 heavy (non-hydrogen) atoms. The van der Waals surface area contributed by atoms with Gasteiger partial charge in [-0.3, -0.25) is 4.57 Å². The van der Waals surface area contributed by atoms with Gasteiger partial charge < -0.3 is 15.4 Å². The molecule has 0 amide bonds. The predicted octanol–water partition coefficient (Wildman–Crippen LogP) is 1.14. The lowest BCUT2D eigenvalue weighted by Gasteiger charge is -2.03. The number of aromatic nitrogens is 1. The average molecular weight is 298 g/mol. The highest BCUT2D eigenvalue weighted by Gasteiger charge is 2.12. The smallest absolute Gasteiger partial charge is 0.347 e. The van der Waals surface area contributed by atoms with E-state index < -0.39 is 0 Å². The molecular formula is C5H9BIN2O2P. The summed E-state index contributed by atoms with van der Waals surface area (Å²) in [6.45, 7) is 0. The molecule has 7 heteroatoms. The lowest BCUT2D eigenvalue weighted by molar-refractivity contribution is 0.388. The summed E-state index contributed by atoms with van der Waals surface area (Å²) < 4.78 is 1.42. The number of nitrogens with zero attached hydrogens (tertiary/aromatic N) is 1. The second-order valence-electron chi connectivity index (χ2n) is 2.34. The van der Waals surface area contributed by atoms with Gasteiger partial charge in [0.15, 0.2) is 5.88 Å². The minimum absolute atomic E-state index is 0.0385. The van der Waals surface area contributed by atoms with Crippen LogP contribution in [0.25, 0.3) is 0 Å². The first-order chi connectivity index (χ1) is 5.52. The summed E-state index contributed by atoms with van der Waals surface area (Å²) in [5.41, 5.74) is 0.532. The summed E-state index contributed by atoms with van der Waals surface area (Å²) in [6.07, 6.45) is 0. The minimum atomic E-state index is 0.0385. The van der Waals surface area contributed by atoms with Crippen LogP contribution in [-0.4, -0.2) is 19.2 Å². The van der Waals surface area contributed by atoms with Gasteiger partial charge in [0.1, 0.15) is 0 Å². The molecule has 0 spiro atoms. The van der Waals surface area contributed by atoms with E-state index in [9.17, 15) is 10.2 Å². The predicted molar refractivity (Wildman–Crippen MR) is 61.8 cm³/mol. The van der Waals surface area contributed by atoms with E-state index in [0.717, 1.165) is 0 Å². The SMILES string of the molecule is Cn1c(O)cc(NB(P)I)c1O.